The quantitative estimate of drug-likeness (QED) is 0.639. The first-order valence-corrected chi connectivity index (χ1v) is 8.68. The zero-order valence-corrected chi connectivity index (χ0v) is 15.7. The van der Waals surface area contributed by atoms with Crippen molar-refractivity contribution in [2.24, 2.45) is 0 Å². The van der Waals surface area contributed by atoms with Gasteiger partial charge in [0.25, 0.3) is 5.91 Å². The third-order valence-electron chi connectivity index (χ3n) is 3.57. The Morgan fingerprint density at radius 1 is 1.24 bits per heavy atom. The van der Waals surface area contributed by atoms with Crippen molar-refractivity contribution in [3.8, 4) is 5.75 Å². The van der Waals surface area contributed by atoms with Crippen LogP contribution in [-0.4, -0.2) is 15.7 Å². The van der Waals surface area contributed by atoms with Gasteiger partial charge in [0.15, 0.2) is 12.4 Å². The Balaban J connectivity index is 1.63. The van der Waals surface area contributed by atoms with Crippen molar-refractivity contribution in [2.75, 3.05) is 5.32 Å². The predicted molar refractivity (Wildman–Crippen MR) is 101 cm³/mol. The second-order valence-corrected chi connectivity index (χ2v) is 6.66. The van der Waals surface area contributed by atoms with Crippen LogP contribution in [0.15, 0.2) is 59.2 Å². The number of anilines is 1. The van der Waals surface area contributed by atoms with E-state index in [1.165, 1.54) is 0 Å². The number of hydrogen-bond donors (Lipinski definition) is 1. The molecular formula is C18H15BrClN3O2. The lowest BCUT2D eigenvalue weighted by molar-refractivity contribution is 0.102. The number of amides is 1. The van der Waals surface area contributed by atoms with Gasteiger partial charge in [-0.25, -0.2) is 4.68 Å². The molecule has 2 aromatic carbocycles. The first kappa shape index (κ1) is 17.5. The van der Waals surface area contributed by atoms with E-state index in [1.54, 1.807) is 35.1 Å². The highest BCUT2D eigenvalue weighted by atomic mass is 79.9. The summed E-state index contributed by atoms with van der Waals surface area (Å²) in [5, 5.41) is 7.65. The molecule has 5 nitrogen and oxygen atoms in total. The van der Waals surface area contributed by atoms with Crippen LogP contribution < -0.4 is 10.1 Å². The molecule has 0 aliphatic rings. The fourth-order valence-electron chi connectivity index (χ4n) is 2.16. The summed E-state index contributed by atoms with van der Waals surface area (Å²) in [6.07, 6.45) is 1.69. The van der Waals surface area contributed by atoms with Crippen LogP contribution in [0, 0.1) is 6.92 Å². The Morgan fingerprint density at radius 2 is 2.00 bits per heavy atom. The maximum absolute atomic E-state index is 12.3. The van der Waals surface area contributed by atoms with Gasteiger partial charge in [-0.1, -0.05) is 33.6 Å². The van der Waals surface area contributed by atoms with E-state index in [0.717, 1.165) is 15.8 Å². The molecule has 3 rings (SSSR count). The van der Waals surface area contributed by atoms with Crippen LogP contribution in [-0.2, 0) is 6.73 Å². The SMILES string of the molecule is Cc1c(Cl)cccc1NC(=O)c1ccn(COc2ccc(Br)cc2)n1. The molecule has 0 radical (unpaired) electrons. The van der Waals surface area contributed by atoms with Crippen molar-refractivity contribution < 1.29 is 9.53 Å². The molecule has 3 aromatic rings. The maximum Gasteiger partial charge on any atom is 0.276 e. The maximum atomic E-state index is 12.3. The summed E-state index contributed by atoms with van der Waals surface area (Å²) in [6.45, 7) is 2.06. The van der Waals surface area contributed by atoms with Gasteiger partial charge in [0.1, 0.15) is 5.75 Å². The molecule has 7 heteroatoms. The van der Waals surface area contributed by atoms with E-state index in [0.29, 0.717) is 16.4 Å². The molecular weight excluding hydrogens is 406 g/mol. The molecule has 0 atom stereocenters. The molecule has 0 unspecified atom stereocenters. The second-order valence-electron chi connectivity index (χ2n) is 5.33. The lowest BCUT2D eigenvalue weighted by atomic mass is 10.2. The van der Waals surface area contributed by atoms with Gasteiger partial charge in [0.05, 0.1) is 0 Å². The van der Waals surface area contributed by atoms with E-state index in [9.17, 15) is 4.79 Å². The molecule has 0 bridgehead atoms. The summed E-state index contributed by atoms with van der Waals surface area (Å²) in [4.78, 5) is 12.3. The van der Waals surface area contributed by atoms with E-state index < -0.39 is 0 Å². The summed E-state index contributed by atoms with van der Waals surface area (Å²) < 4.78 is 8.16. The molecule has 25 heavy (non-hydrogen) atoms. The lowest BCUT2D eigenvalue weighted by Crippen LogP contribution is -2.15. The first-order valence-electron chi connectivity index (χ1n) is 7.51. The molecule has 0 spiro atoms. The van der Waals surface area contributed by atoms with Crippen LogP contribution in [0.5, 0.6) is 5.75 Å². The fraction of sp³-hybridized carbons (Fsp3) is 0.111. The third kappa shape index (κ3) is 4.41. The Labute approximate surface area is 158 Å². The average molecular weight is 421 g/mol. The van der Waals surface area contributed by atoms with Crippen molar-refractivity contribution in [2.45, 2.75) is 13.7 Å². The minimum Gasteiger partial charge on any atom is -0.471 e. The predicted octanol–water partition coefficient (Wildman–Crippen LogP) is 4.90. The van der Waals surface area contributed by atoms with Crippen LogP contribution in [0.4, 0.5) is 5.69 Å². The number of carbonyl (C=O) groups is 1. The monoisotopic (exact) mass is 419 g/mol. The topological polar surface area (TPSA) is 56.2 Å². The van der Waals surface area contributed by atoms with Crippen LogP contribution in [0.3, 0.4) is 0 Å². The summed E-state index contributed by atoms with van der Waals surface area (Å²) in [5.41, 5.74) is 1.78. The van der Waals surface area contributed by atoms with E-state index in [2.05, 4.69) is 26.3 Å². The summed E-state index contributed by atoms with van der Waals surface area (Å²) in [6, 6.07) is 14.5. The average Bonchev–Trinajstić information content (AvgIpc) is 3.08. The van der Waals surface area contributed by atoms with Gasteiger partial charge >= 0.3 is 0 Å². The van der Waals surface area contributed by atoms with Crippen molar-refractivity contribution in [1.82, 2.24) is 9.78 Å². The van der Waals surface area contributed by atoms with Gasteiger partial charge in [0.2, 0.25) is 0 Å². The molecule has 128 valence electrons. The van der Waals surface area contributed by atoms with E-state index in [-0.39, 0.29) is 12.6 Å². The van der Waals surface area contributed by atoms with Crippen molar-refractivity contribution in [1.29, 1.82) is 0 Å². The highest BCUT2D eigenvalue weighted by Gasteiger charge is 2.12. The zero-order valence-electron chi connectivity index (χ0n) is 13.4. The number of nitrogens with one attached hydrogen (secondary N) is 1. The van der Waals surface area contributed by atoms with Crippen LogP contribution in [0.25, 0.3) is 0 Å². The standard InChI is InChI=1S/C18H15BrClN3O2/c1-12-15(20)3-2-4-16(12)21-18(24)17-9-10-23(22-17)11-25-14-7-5-13(19)6-8-14/h2-10H,11H2,1H3,(H,21,24). The smallest absolute Gasteiger partial charge is 0.276 e. The largest absolute Gasteiger partial charge is 0.471 e. The number of ether oxygens (including phenoxy) is 1. The van der Waals surface area contributed by atoms with Gasteiger partial charge in [-0.3, -0.25) is 4.79 Å². The highest BCUT2D eigenvalue weighted by molar-refractivity contribution is 9.10. The number of nitrogens with zero attached hydrogens (tertiary/aromatic N) is 2. The summed E-state index contributed by atoms with van der Waals surface area (Å²) in [5.74, 6) is 0.423. The van der Waals surface area contributed by atoms with Crippen LogP contribution >= 0.6 is 27.5 Å². The third-order valence-corrected chi connectivity index (χ3v) is 4.50. The normalized spacial score (nSPS) is 10.5. The first-order chi connectivity index (χ1) is 12.0. The Kier molecular flexibility index (Phi) is 5.40. The van der Waals surface area contributed by atoms with Crippen LogP contribution in [0.2, 0.25) is 5.02 Å². The second kappa shape index (κ2) is 7.72. The number of aromatic nitrogens is 2. The van der Waals surface area contributed by atoms with Crippen molar-refractivity contribution in [3.63, 3.8) is 0 Å². The van der Waals surface area contributed by atoms with Crippen molar-refractivity contribution >= 4 is 39.1 Å². The minimum absolute atomic E-state index is 0.213. The van der Waals surface area contributed by atoms with E-state index in [4.69, 9.17) is 16.3 Å². The van der Waals surface area contributed by atoms with Gasteiger partial charge in [0, 0.05) is 21.4 Å². The number of carbonyl (C=O) groups excluding carboxylic acids is 1. The molecule has 0 saturated carbocycles. The molecule has 1 amide bonds. The Bertz CT molecular complexity index is 894. The minimum atomic E-state index is -0.298. The van der Waals surface area contributed by atoms with Gasteiger partial charge in [-0.15, -0.1) is 0 Å². The molecule has 1 aromatic heterocycles. The molecule has 1 N–H and O–H groups in total. The number of hydrogen-bond acceptors (Lipinski definition) is 3. The number of benzene rings is 2. The molecule has 0 saturated heterocycles. The molecule has 1 heterocycles. The highest BCUT2D eigenvalue weighted by Crippen LogP contribution is 2.23. The van der Waals surface area contributed by atoms with E-state index >= 15 is 0 Å². The fourth-order valence-corrected chi connectivity index (χ4v) is 2.59. The molecule has 0 aliphatic carbocycles. The molecule has 0 fully saturated rings. The van der Waals surface area contributed by atoms with Gasteiger partial charge in [-0.2, -0.15) is 5.10 Å². The zero-order chi connectivity index (χ0) is 17.8. The van der Waals surface area contributed by atoms with Crippen LogP contribution in [0.1, 0.15) is 16.1 Å². The van der Waals surface area contributed by atoms with E-state index in [1.807, 2.05) is 31.2 Å². The number of halogens is 2. The Hall–Kier alpha value is -2.31. The molecule has 0 aliphatic heterocycles. The number of rotatable bonds is 5. The summed E-state index contributed by atoms with van der Waals surface area (Å²) >= 11 is 9.44. The van der Waals surface area contributed by atoms with Crippen molar-refractivity contribution in [3.05, 3.63) is 75.5 Å². The summed E-state index contributed by atoms with van der Waals surface area (Å²) in [7, 11) is 0. The van der Waals surface area contributed by atoms with Gasteiger partial charge < -0.3 is 10.1 Å². The Morgan fingerprint density at radius 3 is 2.76 bits per heavy atom. The van der Waals surface area contributed by atoms with Gasteiger partial charge in [-0.05, 0) is 55.0 Å². The lowest BCUT2D eigenvalue weighted by Gasteiger charge is -2.08.